The molecule has 0 saturated heterocycles. The van der Waals surface area contributed by atoms with Crippen molar-refractivity contribution in [2.24, 2.45) is 0 Å². The molecule has 2 rings (SSSR count). The second kappa shape index (κ2) is 5.46. The van der Waals surface area contributed by atoms with E-state index >= 15 is 0 Å². The van der Waals surface area contributed by atoms with Crippen LogP contribution in [-0.4, -0.2) is 29.9 Å². The monoisotopic (exact) mass is 238 g/mol. The van der Waals surface area contributed by atoms with Crippen molar-refractivity contribution in [2.45, 2.75) is 32.4 Å². The van der Waals surface area contributed by atoms with Crippen molar-refractivity contribution >= 4 is 17.2 Å². The Morgan fingerprint density at radius 1 is 1.62 bits per heavy atom. The van der Waals surface area contributed by atoms with E-state index in [-0.39, 0.29) is 5.91 Å². The van der Waals surface area contributed by atoms with E-state index in [4.69, 9.17) is 0 Å². The maximum Gasteiger partial charge on any atom is 0.236 e. The standard InChI is InChI=1S/C12H18N2OS/c1-2-14(11-3-4-11)12(15)8-13-7-10-5-6-16-9-10/h5-6,9,11,13H,2-4,7-8H2,1H3. The second-order valence-corrected chi connectivity index (χ2v) is 4.93. The van der Waals surface area contributed by atoms with Gasteiger partial charge in [-0.25, -0.2) is 0 Å². The van der Waals surface area contributed by atoms with Crippen LogP contribution in [0.2, 0.25) is 0 Å². The smallest absolute Gasteiger partial charge is 0.236 e. The Balaban J connectivity index is 1.70. The zero-order valence-electron chi connectivity index (χ0n) is 9.61. The van der Waals surface area contributed by atoms with Crippen LogP contribution in [0.1, 0.15) is 25.3 Å². The lowest BCUT2D eigenvalue weighted by atomic mass is 10.3. The Labute approximate surface area is 100 Å². The molecule has 88 valence electrons. The van der Waals surface area contributed by atoms with Crippen molar-refractivity contribution in [2.75, 3.05) is 13.1 Å². The topological polar surface area (TPSA) is 32.3 Å². The van der Waals surface area contributed by atoms with E-state index < -0.39 is 0 Å². The predicted molar refractivity (Wildman–Crippen MR) is 66.4 cm³/mol. The van der Waals surface area contributed by atoms with E-state index in [0.29, 0.717) is 12.6 Å². The summed E-state index contributed by atoms with van der Waals surface area (Å²) < 4.78 is 0. The van der Waals surface area contributed by atoms with Crippen LogP contribution in [0.3, 0.4) is 0 Å². The number of likely N-dealkylation sites (N-methyl/N-ethyl adjacent to an activating group) is 1. The quantitative estimate of drug-likeness (QED) is 0.820. The Morgan fingerprint density at radius 2 is 2.44 bits per heavy atom. The number of rotatable bonds is 6. The third-order valence-corrected chi connectivity index (χ3v) is 3.57. The first-order valence-corrected chi connectivity index (χ1v) is 6.76. The molecule has 4 heteroatoms. The summed E-state index contributed by atoms with van der Waals surface area (Å²) in [6.07, 6.45) is 2.37. The third-order valence-electron chi connectivity index (χ3n) is 2.83. The van der Waals surface area contributed by atoms with Gasteiger partial charge >= 0.3 is 0 Å². The first-order chi connectivity index (χ1) is 7.81. The van der Waals surface area contributed by atoms with E-state index in [2.05, 4.69) is 29.1 Å². The van der Waals surface area contributed by atoms with Crippen LogP contribution in [0.5, 0.6) is 0 Å². The minimum absolute atomic E-state index is 0.236. The van der Waals surface area contributed by atoms with Crippen molar-refractivity contribution in [3.8, 4) is 0 Å². The van der Waals surface area contributed by atoms with Gasteiger partial charge in [-0.3, -0.25) is 4.79 Å². The maximum atomic E-state index is 11.9. The van der Waals surface area contributed by atoms with Crippen molar-refractivity contribution in [3.63, 3.8) is 0 Å². The highest BCUT2D eigenvalue weighted by molar-refractivity contribution is 7.07. The van der Waals surface area contributed by atoms with Gasteiger partial charge in [0.1, 0.15) is 0 Å². The van der Waals surface area contributed by atoms with Gasteiger partial charge in [-0.2, -0.15) is 11.3 Å². The number of nitrogens with zero attached hydrogens (tertiary/aromatic N) is 1. The minimum Gasteiger partial charge on any atom is -0.339 e. The second-order valence-electron chi connectivity index (χ2n) is 4.15. The number of carbonyl (C=O) groups excluding carboxylic acids is 1. The number of nitrogens with one attached hydrogen (secondary N) is 1. The molecule has 1 aromatic heterocycles. The van der Waals surface area contributed by atoms with E-state index in [1.54, 1.807) is 11.3 Å². The summed E-state index contributed by atoms with van der Waals surface area (Å²) in [5.41, 5.74) is 1.26. The molecule has 1 aliphatic carbocycles. The Bertz CT molecular complexity index is 333. The molecule has 0 aromatic carbocycles. The number of amides is 1. The van der Waals surface area contributed by atoms with Crippen LogP contribution >= 0.6 is 11.3 Å². The Kier molecular flexibility index (Phi) is 3.96. The average molecular weight is 238 g/mol. The Hall–Kier alpha value is -0.870. The largest absolute Gasteiger partial charge is 0.339 e. The summed E-state index contributed by atoms with van der Waals surface area (Å²) >= 11 is 1.69. The fraction of sp³-hybridized carbons (Fsp3) is 0.583. The molecule has 1 aliphatic rings. The fourth-order valence-electron chi connectivity index (χ4n) is 1.83. The molecule has 1 fully saturated rings. The molecule has 3 nitrogen and oxygen atoms in total. The van der Waals surface area contributed by atoms with Crippen LogP contribution < -0.4 is 5.32 Å². The van der Waals surface area contributed by atoms with E-state index in [1.165, 1.54) is 18.4 Å². The summed E-state index contributed by atoms with van der Waals surface area (Å²) in [5.74, 6) is 0.236. The molecular formula is C12H18N2OS. The summed E-state index contributed by atoms with van der Waals surface area (Å²) in [6, 6.07) is 2.61. The highest BCUT2D eigenvalue weighted by atomic mass is 32.1. The number of thiophene rings is 1. The maximum absolute atomic E-state index is 11.9. The molecule has 0 spiro atoms. The molecule has 1 heterocycles. The fourth-order valence-corrected chi connectivity index (χ4v) is 2.50. The summed E-state index contributed by atoms with van der Waals surface area (Å²) in [5, 5.41) is 7.36. The zero-order valence-corrected chi connectivity index (χ0v) is 10.4. The summed E-state index contributed by atoms with van der Waals surface area (Å²) in [4.78, 5) is 13.8. The SMILES string of the molecule is CCN(C(=O)CNCc1ccsc1)C1CC1. The lowest BCUT2D eigenvalue weighted by Crippen LogP contribution is -2.39. The zero-order chi connectivity index (χ0) is 11.4. The number of carbonyl (C=O) groups is 1. The molecule has 0 atom stereocenters. The van der Waals surface area contributed by atoms with Gasteiger partial charge in [0.05, 0.1) is 6.54 Å². The molecule has 0 aliphatic heterocycles. The third kappa shape index (κ3) is 3.06. The summed E-state index contributed by atoms with van der Waals surface area (Å²) in [7, 11) is 0. The molecule has 1 saturated carbocycles. The van der Waals surface area contributed by atoms with Crippen molar-refractivity contribution in [1.29, 1.82) is 0 Å². The molecule has 16 heavy (non-hydrogen) atoms. The lowest BCUT2D eigenvalue weighted by Gasteiger charge is -2.20. The summed E-state index contributed by atoms with van der Waals surface area (Å²) in [6.45, 7) is 4.14. The van der Waals surface area contributed by atoms with Gasteiger partial charge < -0.3 is 10.2 Å². The van der Waals surface area contributed by atoms with E-state index in [0.717, 1.165) is 13.1 Å². The molecule has 1 aromatic rings. The average Bonchev–Trinajstić information content (AvgIpc) is 2.96. The van der Waals surface area contributed by atoms with Crippen molar-refractivity contribution in [1.82, 2.24) is 10.2 Å². The van der Waals surface area contributed by atoms with Crippen molar-refractivity contribution in [3.05, 3.63) is 22.4 Å². The molecule has 1 amide bonds. The normalized spacial score (nSPS) is 15.1. The van der Waals surface area contributed by atoms with Crippen LogP contribution in [0.15, 0.2) is 16.8 Å². The van der Waals surface area contributed by atoms with Gasteiger partial charge in [0.2, 0.25) is 5.91 Å². The van der Waals surface area contributed by atoms with Crippen LogP contribution in [0.25, 0.3) is 0 Å². The van der Waals surface area contributed by atoms with Gasteiger partial charge in [-0.05, 0) is 42.2 Å². The van der Waals surface area contributed by atoms with E-state index in [9.17, 15) is 4.79 Å². The minimum atomic E-state index is 0.236. The van der Waals surface area contributed by atoms with E-state index in [1.807, 2.05) is 4.90 Å². The molecule has 0 radical (unpaired) electrons. The predicted octanol–water partition coefficient (Wildman–Crippen LogP) is 1.85. The first kappa shape index (κ1) is 11.6. The first-order valence-electron chi connectivity index (χ1n) is 5.82. The van der Waals surface area contributed by atoms with Gasteiger partial charge in [-0.15, -0.1) is 0 Å². The van der Waals surface area contributed by atoms with Gasteiger partial charge in [-0.1, -0.05) is 0 Å². The van der Waals surface area contributed by atoms with Crippen LogP contribution in [0.4, 0.5) is 0 Å². The number of hydrogen-bond acceptors (Lipinski definition) is 3. The Morgan fingerprint density at radius 3 is 3.00 bits per heavy atom. The molecular weight excluding hydrogens is 220 g/mol. The highest BCUT2D eigenvalue weighted by Crippen LogP contribution is 2.26. The van der Waals surface area contributed by atoms with Crippen LogP contribution in [0, 0.1) is 0 Å². The number of hydrogen-bond donors (Lipinski definition) is 1. The molecule has 0 unspecified atom stereocenters. The van der Waals surface area contributed by atoms with Gasteiger partial charge in [0, 0.05) is 19.1 Å². The van der Waals surface area contributed by atoms with Gasteiger partial charge in [0.25, 0.3) is 0 Å². The lowest BCUT2D eigenvalue weighted by molar-refractivity contribution is -0.130. The molecule has 1 N–H and O–H groups in total. The van der Waals surface area contributed by atoms with Crippen LogP contribution in [-0.2, 0) is 11.3 Å². The van der Waals surface area contributed by atoms with Gasteiger partial charge in [0.15, 0.2) is 0 Å². The molecule has 0 bridgehead atoms. The highest BCUT2D eigenvalue weighted by Gasteiger charge is 2.30. The van der Waals surface area contributed by atoms with Crippen molar-refractivity contribution < 1.29 is 4.79 Å².